The minimum absolute atomic E-state index is 0.0202. The van der Waals surface area contributed by atoms with Crippen LogP contribution in [0.15, 0.2) is 6.07 Å². The van der Waals surface area contributed by atoms with Crippen molar-refractivity contribution in [3.05, 3.63) is 17.5 Å². The van der Waals surface area contributed by atoms with Crippen LogP contribution in [0.25, 0.3) is 0 Å². The van der Waals surface area contributed by atoms with Crippen LogP contribution in [-0.2, 0) is 4.79 Å². The number of aromatic nitrogens is 1. The highest BCUT2D eigenvalue weighted by Gasteiger charge is 2.20. The van der Waals surface area contributed by atoms with Crippen LogP contribution in [0.5, 0.6) is 0 Å². The number of hydrogen-bond acceptors (Lipinski definition) is 2. The number of H-pyrrole nitrogens is 1. The van der Waals surface area contributed by atoms with Crippen molar-refractivity contribution >= 4 is 17.6 Å². The fourth-order valence-corrected chi connectivity index (χ4v) is 1.41. The number of carboxylic acids is 1. The molecule has 0 aliphatic carbocycles. The molecule has 17 heavy (non-hydrogen) atoms. The molecule has 0 aliphatic heterocycles. The maximum Gasteiger partial charge on any atom is 0.354 e. The summed E-state index contributed by atoms with van der Waals surface area (Å²) in [6.45, 7) is 7.46. The molecule has 94 valence electrons. The molecule has 0 spiro atoms. The van der Waals surface area contributed by atoms with Gasteiger partial charge in [-0.3, -0.25) is 4.79 Å². The molecule has 1 aromatic heterocycles. The van der Waals surface area contributed by atoms with Gasteiger partial charge in [-0.05, 0) is 18.9 Å². The van der Waals surface area contributed by atoms with E-state index in [1.807, 2.05) is 20.8 Å². The molecule has 1 rings (SSSR count). The van der Waals surface area contributed by atoms with Gasteiger partial charge < -0.3 is 15.4 Å². The predicted octanol–water partition coefficient (Wildman–Crippen LogP) is 2.25. The third kappa shape index (κ3) is 3.09. The van der Waals surface area contributed by atoms with Crippen molar-refractivity contribution in [2.24, 2.45) is 11.8 Å². The lowest BCUT2D eigenvalue weighted by atomic mass is 9.97. The van der Waals surface area contributed by atoms with Crippen LogP contribution >= 0.6 is 0 Å². The molecule has 0 saturated heterocycles. The van der Waals surface area contributed by atoms with E-state index in [1.54, 1.807) is 13.0 Å². The van der Waals surface area contributed by atoms with Gasteiger partial charge in [0.1, 0.15) is 5.69 Å². The highest BCUT2D eigenvalue weighted by molar-refractivity contribution is 6.00. The minimum atomic E-state index is -1.08. The second-order valence-electron chi connectivity index (χ2n) is 4.57. The Morgan fingerprint density at radius 3 is 2.41 bits per heavy atom. The van der Waals surface area contributed by atoms with Crippen LogP contribution in [-0.4, -0.2) is 22.0 Å². The SMILES string of the molecule is Cc1cc(NC(=O)C(C)C(C)C)c(C(=O)O)[nH]1. The Kier molecular flexibility index (Phi) is 3.93. The quantitative estimate of drug-likeness (QED) is 0.752. The Labute approximate surface area is 100 Å². The molecule has 5 heteroatoms. The first-order chi connectivity index (χ1) is 7.82. The van der Waals surface area contributed by atoms with E-state index in [9.17, 15) is 9.59 Å². The van der Waals surface area contributed by atoms with E-state index in [0.29, 0.717) is 11.4 Å². The van der Waals surface area contributed by atoms with Gasteiger partial charge in [0.05, 0.1) is 5.69 Å². The van der Waals surface area contributed by atoms with Crippen LogP contribution in [0.4, 0.5) is 5.69 Å². The minimum Gasteiger partial charge on any atom is -0.477 e. The summed E-state index contributed by atoms with van der Waals surface area (Å²) in [5.41, 5.74) is 1.05. The van der Waals surface area contributed by atoms with Crippen LogP contribution in [0, 0.1) is 18.8 Å². The summed E-state index contributed by atoms with van der Waals surface area (Å²) in [5, 5.41) is 11.6. The van der Waals surface area contributed by atoms with Gasteiger partial charge in [0.25, 0.3) is 0 Å². The summed E-state index contributed by atoms with van der Waals surface area (Å²) < 4.78 is 0. The van der Waals surface area contributed by atoms with E-state index in [-0.39, 0.29) is 23.4 Å². The van der Waals surface area contributed by atoms with Crippen molar-refractivity contribution in [2.45, 2.75) is 27.7 Å². The number of carbonyl (C=O) groups is 2. The number of aryl methyl sites for hydroxylation is 1. The summed E-state index contributed by atoms with van der Waals surface area (Å²) in [5.74, 6) is -1.19. The van der Waals surface area contributed by atoms with Crippen molar-refractivity contribution < 1.29 is 14.7 Å². The Balaban J connectivity index is 2.88. The Morgan fingerprint density at radius 2 is 1.94 bits per heavy atom. The molecule has 0 radical (unpaired) electrons. The number of rotatable bonds is 4. The van der Waals surface area contributed by atoms with Crippen LogP contribution < -0.4 is 5.32 Å². The molecule has 5 nitrogen and oxygen atoms in total. The average molecular weight is 238 g/mol. The summed E-state index contributed by atoms with van der Waals surface area (Å²) in [6, 6.07) is 1.62. The van der Waals surface area contributed by atoms with Crippen molar-refractivity contribution in [3.8, 4) is 0 Å². The molecule has 0 bridgehead atoms. The molecule has 1 aromatic rings. The lowest BCUT2D eigenvalue weighted by molar-refractivity contribution is -0.120. The molecule has 1 heterocycles. The molecule has 0 fully saturated rings. The molecule has 1 amide bonds. The maximum atomic E-state index is 11.8. The molecule has 0 saturated carbocycles. The monoisotopic (exact) mass is 238 g/mol. The summed E-state index contributed by atoms with van der Waals surface area (Å²) in [6.07, 6.45) is 0. The van der Waals surface area contributed by atoms with Crippen LogP contribution in [0.1, 0.15) is 37.0 Å². The van der Waals surface area contributed by atoms with E-state index in [2.05, 4.69) is 10.3 Å². The number of carbonyl (C=O) groups excluding carboxylic acids is 1. The van der Waals surface area contributed by atoms with E-state index in [4.69, 9.17) is 5.11 Å². The number of anilines is 1. The lowest BCUT2D eigenvalue weighted by Crippen LogP contribution is -2.24. The zero-order valence-corrected chi connectivity index (χ0v) is 10.5. The van der Waals surface area contributed by atoms with Crippen molar-refractivity contribution in [1.82, 2.24) is 4.98 Å². The standard InChI is InChI=1S/C12H18N2O3/c1-6(2)8(4)11(15)14-9-5-7(3)13-10(9)12(16)17/h5-6,8,13H,1-4H3,(H,14,15)(H,16,17). The third-order valence-corrected chi connectivity index (χ3v) is 2.84. The fourth-order valence-electron chi connectivity index (χ4n) is 1.41. The van der Waals surface area contributed by atoms with E-state index in [1.165, 1.54) is 0 Å². The van der Waals surface area contributed by atoms with Gasteiger partial charge in [0.15, 0.2) is 0 Å². The van der Waals surface area contributed by atoms with Gasteiger partial charge in [-0.15, -0.1) is 0 Å². The number of hydrogen-bond donors (Lipinski definition) is 3. The Bertz CT molecular complexity index is 435. The van der Waals surface area contributed by atoms with E-state index >= 15 is 0 Å². The first-order valence-corrected chi connectivity index (χ1v) is 5.56. The number of aromatic carboxylic acids is 1. The largest absolute Gasteiger partial charge is 0.477 e. The van der Waals surface area contributed by atoms with Crippen molar-refractivity contribution in [3.63, 3.8) is 0 Å². The highest BCUT2D eigenvalue weighted by atomic mass is 16.4. The van der Waals surface area contributed by atoms with Gasteiger partial charge >= 0.3 is 5.97 Å². The smallest absolute Gasteiger partial charge is 0.354 e. The summed E-state index contributed by atoms with van der Waals surface area (Å²) in [4.78, 5) is 25.5. The molecular weight excluding hydrogens is 220 g/mol. The van der Waals surface area contributed by atoms with Gasteiger partial charge in [-0.2, -0.15) is 0 Å². The zero-order valence-electron chi connectivity index (χ0n) is 10.5. The van der Waals surface area contributed by atoms with Crippen molar-refractivity contribution in [1.29, 1.82) is 0 Å². The van der Waals surface area contributed by atoms with Gasteiger partial charge in [0, 0.05) is 11.6 Å². The van der Waals surface area contributed by atoms with Crippen LogP contribution in [0.3, 0.4) is 0 Å². The maximum absolute atomic E-state index is 11.8. The van der Waals surface area contributed by atoms with E-state index in [0.717, 1.165) is 0 Å². The highest BCUT2D eigenvalue weighted by Crippen LogP contribution is 2.19. The lowest BCUT2D eigenvalue weighted by Gasteiger charge is -2.14. The van der Waals surface area contributed by atoms with Gasteiger partial charge in [-0.25, -0.2) is 4.79 Å². The molecule has 3 N–H and O–H groups in total. The van der Waals surface area contributed by atoms with Gasteiger partial charge in [0.2, 0.25) is 5.91 Å². The Morgan fingerprint density at radius 1 is 1.35 bits per heavy atom. The number of carboxylic acid groups (broad SMARTS) is 1. The summed E-state index contributed by atoms with van der Waals surface area (Å²) >= 11 is 0. The molecular formula is C12H18N2O3. The van der Waals surface area contributed by atoms with Crippen LogP contribution in [0.2, 0.25) is 0 Å². The predicted molar refractivity (Wildman–Crippen MR) is 65.1 cm³/mol. The Hall–Kier alpha value is -1.78. The number of amides is 1. The van der Waals surface area contributed by atoms with Gasteiger partial charge in [-0.1, -0.05) is 20.8 Å². The number of nitrogens with one attached hydrogen (secondary N) is 2. The number of aromatic amines is 1. The van der Waals surface area contributed by atoms with Crippen molar-refractivity contribution in [2.75, 3.05) is 5.32 Å². The fraction of sp³-hybridized carbons (Fsp3) is 0.500. The second kappa shape index (κ2) is 5.03. The normalized spacial score (nSPS) is 12.5. The summed E-state index contributed by atoms with van der Waals surface area (Å²) in [7, 11) is 0. The van der Waals surface area contributed by atoms with E-state index < -0.39 is 5.97 Å². The first kappa shape index (κ1) is 13.3. The molecule has 0 aromatic carbocycles. The topological polar surface area (TPSA) is 82.2 Å². The molecule has 1 atom stereocenters. The second-order valence-corrected chi connectivity index (χ2v) is 4.57. The molecule has 0 aliphatic rings. The average Bonchev–Trinajstić information content (AvgIpc) is 2.58. The molecule has 1 unspecified atom stereocenters. The zero-order chi connectivity index (χ0) is 13.2. The first-order valence-electron chi connectivity index (χ1n) is 5.56. The third-order valence-electron chi connectivity index (χ3n) is 2.84.